The molecule has 0 radical (unpaired) electrons. The number of hydrogen-bond acceptors (Lipinski definition) is 0. The van der Waals surface area contributed by atoms with Crippen molar-refractivity contribution in [2.45, 2.75) is 0 Å². The number of aryl methyl sites for hydroxylation is 1. The Morgan fingerprint density at radius 3 is 1.76 bits per heavy atom. The van der Waals surface area contributed by atoms with Crippen LogP contribution in [0.5, 0.6) is 0 Å². The van der Waals surface area contributed by atoms with E-state index >= 15 is 0 Å². The van der Waals surface area contributed by atoms with E-state index in [2.05, 4.69) is 113 Å². The van der Waals surface area contributed by atoms with E-state index in [1.54, 1.807) is 0 Å². The van der Waals surface area contributed by atoms with Crippen LogP contribution in [0.4, 0.5) is 0 Å². The molecule has 0 unspecified atom stereocenters. The fourth-order valence-corrected chi connectivity index (χ4v) is 4.42. The first kappa shape index (κ1) is 16.2. The lowest BCUT2D eigenvalue weighted by molar-refractivity contribution is -0.671. The Bertz CT molecular complexity index is 1460. The van der Waals surface area contributed by atoms with Crippen molar-refractivity contribution in [3.05, 3.63) is 104 Å². The zero-order valence-electron chi connectivity index (χ0n) is 16.2. The van der Waals surface area contributed by atoms with Crippen molar-refractivity contribution in [1.82, 2.24) is 0 Å². The first-order valence-corrected chi connectivity index (χ1v) is 9.92. The van der Waals surface area contributed by atoms with Gasteiger partial charge in [-0.3, -0.25) is 0 Å². The van der Waals surface area contributed by atoms with Crippen LogP contribution in [0.2, 0.25) is 0 Å². The van der Waals surface area contributed by atoms with Gasteiger partial charge in [0.15, 0.2) is 24.8 Å². The van der Waals surface area contributed by atoms with E-state index < -0.39 is 0 Å². The molecule has 0 N–H and O–H groups in total. The van der Waals surface area contributed by atoms with Crippen LogP contribution < -0.4 is 9.13 Å². The van der Waals surface area contributed by atoms with Gasteiger partial charge in [0.05, 0.1) is 5.39 Å². The monoisotopic (exact) mass is 372 g/mol. The van der Waals surface area contributed by atoms with Crippen LogP contribution in [0.1, 0.15) is 0 Å². The average Bonchev–Trinajstić information content (AvgIpc) is 2.78. The lowest BCUT2D eigenvalue weighted by Gasteiger charge is -2.11. The molecule has 136 valence electrons. The molecule has 0 aliphatic carbocycles. The highest BCUT2D eigenvalue weighted by Gasteiger charge is 2.16. The third-order valence-corrected chi connectivity index (χ3v) is 5.93. The Balaban J connectivity index is 1.55. The van der Waals surface area contributed by atoms with E-state index in [4.69, 9.17) is 0 Å². The van der Waals surface area contributed by atoms with Crippen LogP contribution in [0.25, 0.3) is 49.1 Å². The second kappa shape index (κ2) is 6.11. The van der Waals surface area contributed by atoms with Crippen molar-refractivity contribution in [3.8, 4) is 16.8 Å². The lowest BCUT2D eigenvalue weighted by Crippen LogP contribution is -2.29. The van der Waals surface area contributed by atoms with Crippen LogP contribution in [-0.4, -0.2) is 0 Å². The Morgan fingerprint density at radius 1 is 0.517 bits per heavy atom. The molecule has 2 heteroatoms. The SMILES string of the molecule is C[n+]1ccc(-c2cc[n+](-c3ccc4ccc5cccc6ccc3c4c56)cc2)cc1. The summed E-state index contributed by atoms with van der Waals surface area (Å²) in [5, 5.41) is 7.90. The maximum Gasteiger partial charge on any atom is 0.218 e. The van der Waals surface area contributed by atoms with E-state index in [0.29, 0.717) is 0 Å². The number of benzene rings is 4. The summed E-state index contributed by atoms with van der Waals surface area (Å²) in [6, 6.07) is 28.6. The third-order valence-electron chi connectivity index (χ3n) is 5.93. The lowest BCUT2D eigenvalue weighted by atomic mass is 9.93. The van der Waals surface area contributed by atoms with Gasteiger partial charge in [0, 0.05) is 35.7 Å². The second-order valence-electron chi connectivity index (χ2n) is 7.69. The van der Waals surface area contributed by atoms with Gasteiger partial charge in [-0.25, -0.2) is 4.57 Å². The second-order valence-corrected chi connectivity index (χ2v) is 7.69. The topological polar surface area (TPSA) is 7.76 Å². The normalized spacial score (nSPS) is 11.6. The first-order valence-electron chi connectivity index (χ1n) is 9.92. The molecule has 0 atom stereocenters. The number of nitrogens with zero attached hydrogens (tertiary/aromatic N) is 2. The Kier molecular flexibility index (Phi) is 3.41. The van der Waals surface area contributed by atoms with Gasteiger partial charge in [-0.15, -0.1) is 0 Å². The summed E-state index contributed by atoms with van der Waals surface area (Å²) in [4.78, 5) is 0. The van der Waals surface area contributed by atoms with Crippen LogP contribution in [0.3, 0.4) is 0 Å². The van der Waals surface area contributed by atoms with Crippen molar-refractivity contribution >= 4 is 32.3 Å². The highest BCUT2D eigenvalue weighted by molar-refractivity contribution is 6.24. The Labute approximate surface area is 169 Å². The molecule has 0 bridgehead atoms. The molecule has 29 heavy (non-hydrogen) atoms. The molecule has 2 nitrogen and oxygen atoms in total. The van der Waals surface area contributed by atoms with Crippen molar-refractivity contribution in [3.63, 3.8) is 0 Å². The van der Waals surface area contributed by atoms with Gasteiger partial charge in [0.25, 0.3) is 0 Å². The van der Waals surface area contributed by atoms with Crippen molar-refractivity contribution in [2.24, 2.45) is 7.05 Å². The largest absolute Gasteiger partial charge is 0.218 e. The van der Waals surface area contributed by atoms with E-state index in [9.17, 15) is 0 Å². The zero-order chi connectivity index (χ0) is 19.4. The van der Waals surface area contributed by atoms with Gasteiger partial charge >= 0.3 is 0 Å². The minimum absolute atomic E-state index is 1.21. The summed E-state index contributed by atoms with van der Waals surface area (Å²) in [6.45, 7) is 0. The third kappa shape index (κ3) is 2.50. The van der Waals surface area contributed by atoms with Crippen molar-refractivity contribution in [1.29, 1.82) is 0 Å². The van der Waals surface area contributed by atoms with Gasteiger partial charge in [-0.1, -0.05) is 36.4 Å². The molecule has 6 rings (SSSR count). The highest BCUT2D eigenvalue weighted by Crippen LogP contribution is 2.35. The molecule has 0 aliphatic rings. The van der Waals surface area contributed by atoms with Crippen molar-refractivity contribution in [2.75, 3.05) is 0 Å². The summed E-state index contributed by atoms with van der Waals surface area (Å²) in [6.07, 6.45) is 8.48. The van der Waals surface area contributed by atoms with Crippen LogP contribution in [-0.2, 0) is 7.05 Å². The summed E-state index contributed by atoms with van der Waals surface area (Å²) in [7, 11) is 2.04. The van der Waals surface area contributed by atoms with E-state index in [1.165, 1.54) is 49.1 Å². The Morgan fingerprint density at radius 2 is 1.07 bits per heavy atom. The van der Waals surface area contributed by atoms with Crippen molar-refractivity contribution < 1.29 is 9.13 Å². The van der Waals surface area contributed by atoms with E-state index in [1.807, 2.05) is 7.05 Å². The molecule has 4 aromatic carbocycles. The predicted molar refractivity (Wildman–Crippen MR) is 118 cm³/mol. The molecule has 0 fully saturated rings. The van der Waals surface area contributed by atoms with Crippen LogP contribution in [0.15, 0.2) is 104 Å². The molecular weight excluding hydrogens is 352 g/mol. The van der Waals surface area contributed by atoms with Gasteiger partial charge in [-0.05, 0) is 44.8 Å². The molecule has 0 aliphatic heterocycles. The van der Waals surface area contributed by atoms with Crippen LogP contribution in [0, 0.1) is 0 Å². The molecular formula is C27H20N2+2. The maximum absolute atomic E-state index is 2.26. The maximum atomic E-state index is 2.26. The highest BCUT2D eigenvalue weighted by atomic mass is 14.9. The van der Waals surface area contributed by atoms with Gasteiger partial charge in [0.1, 0.15) is 7.05 Å². The molecule has 0 saturated heterocycles. The summed E-state index contributed by atoms with van der Waals surface area (Å²) < 4.78 is 4.27. The zero-order valence-corrected chi connectivity index (χ0v) is 16.2. The molecule has 6 aromatic rings. The smallest absolute Gasteiger partial charge is 0.208 e. The van der Waals surface area contributed by atoms with E-state index in [-0.39, 0.29) is 0 Å². The molecule has 2 heterocycles. The average molecular weight is 372 g/mol. The minimum Gasteiger partial charge on any atom is -0.208 e. The quantitative estimate of drug-likeness (QED) is 0.286. The summed E-state index contributed by atoms with van der Waals surface area (Å²) in [5.41, 5.74) is 3.66. The van der Waals surface area contributed by atoms with Crippen LogP contribution >= 0.6 is 0 Å². The fraction of sp³-hybridized carbons (Fsp3) is 0.0370. The van der Waals surface area contributed by atoms with Gasteiger partial charge < -0.3 is 0 Å². The molecule has 0 amide bonds. The number of rotatable bonds is 2. The Hall–Kier alpha value is -3.78. The number of hydrogen-bond donors (Lipinski definition) is 0. The molecule has 0 saturated carbocycles. The first-order chi connectivity index (χ1) is 14.3. The standard InChI is InChI=1S/C27H20N2/c1-28-15-11-19(12-16-28)20-13-17-29(18-14-20)25-10-8-23-6-5-21-3-2-4-22-7-9-24(25)27(23)26(21)22/h2-18H,1H3/q+2. The number of pyridine rings is 2. The van der Waals surface area contributed by atoms with E-state index in [0.717, 1.165) is 0 Å². The summed E-state index contributed by atoms with van der Waals surface area (Å²) >= 11 is 0. The predicted octanol–water partition coefficient (Wildman–Crippen LogP) is 5.35. The molecule has 2 aromatic heterocycles. The summed E-state index contributed by atoms with van der Waals surface area (Å²) in [5.74, 6) is 0. The fourth-order valence-electron chi connectivity index (χ4n) is 4.42. The number of aromatic nitrogens is 2. The molecule has 0 spiro atoms. The van der Waals surface area contributed by atoms with Gasteiger partial charge in [0.2, 0.25) is 5.69 Å². The van der Waals surface area contributed by atoms with Gasteiger partial charge in [-0.2, -0.15) is 4.57 Å². The minimum atomic E-state index is 1.21.